The molecule has 0 saturated carbocycles. The van der Waals surface area contributed by atoms with Crippen LogP contribution in [0.4, 0.5) is 4.39 Å². The number of thiophene rings is 1. The molecular weight excluding hydrogens is 465 g/mol. The summed E-state index contributed by atoms with van der Waals surface area (Å²) < 4.78 is 37.9. The highest BCUT2D eigenvalue weighted by molar-refractivity contribution is 7.89. The third kappa shape index (κ3) is 4.70. The summed E-state index contributed by atoms with van der Waals surface area (Å²) in [6.45, 7) is 1.81. The Hall–Kier alpha value is -3.41. The molecule has 0 aliphatic carbocycles. The fraction of sp³-hybridized carbons (Fsp3) is 0.136. The van der Waals surface area contributed by atoms with Crippen LogP contribution >= 0.6 is 11.3 Å². The fourth-order valence-electron chi connectivity index (χ4n) is 3.22. The Morgan fingerprint density at radius 3 is 2.36 bits per heavy atom. The van der Waals surface area contributed by atoms with Crippen LogP contribution in [-0.4, -0.2) is 41.0 Å². The predicted octanol–water partition coefficient (Wildman–Crippen LogP) is 3.62. The monoisotopic (exact) mass is 485 g/mol. The van der Waals surface area contributed by atoms with Crippen LogP contribution in [0.2, 0.25) is 0 Å². The lowest BCUT2D eigenvalue weighted by atomic mass is 10.1. The summed E-state index contributed by atoms with van der Waals surface area (Å²) in [5.41, 5.74) is 1.29. The lowest BCUT2D eigenvalue weighted by molar-refractivity contribution is 0.0730. The van der Waals surface area contributed by atoms with Crippen LogP contribution in [0, 0.1) is 5.82 Å². The Balaban J connectivity index is 1.66. The Morgan fingerprint density at radius 2 is 1.79 bits per heavy atom. The Kier molecular flexibility index (Phi) is 6.11. The van der Waals surface area contributed by atoms with E-state index in [4.69, 9.17) is 5.14 Å². The molecule has 8 nitrogen and oxygen atoms in total. The number of carbonyl (C=O) groups is 1. The Bertz CT molecular complexity index is 1380. The van der Waals surface area contributed by atoms with E-state index in [1.807, 2.05) is 17.5 Å². The third-order valence-electron chi connectivity index (χ3n) is 5.20. The second kappa shape index (κ2) is 8.85. The number of primary sulfonamides is 1. The largest absolute Gasteiger partial charge is 0.332 e. The van der Waals surface area contributed by atoms with Crippen molar-refractivity contribution in [2.75, 3.05) is 7.05 Å². The van der Waals surface area contributed by atoms with E-state index < -0.39 is 22.0 Å². The molecule has 33 heavy (non-hydrogen) atoms. The van der Waals surface area contributed by atoms with Crippen LogP contribution in [-0.2, 0) is 10.0 Å². The lowest BCUT2D eigenvalue weighted by Crippen LogP contribution is -2.30. The van der Waals surface area contributed by atoms with Gasteiger partial charge < -0.3 is 4.90 Å². The molecule has 11 heteroatoms. The van der Waals surface area contributed by atoms with Gasteiger partial charge in [0, 0.05) is 7.05 Å². The van der Waals surface area contributed by atoms with E-state index in [1.165, 1.54) is 45.2 Å². The molecule has 0 saturated heterocycles. The minimum absolute atomic E-state index is 0.00673. The average Bonchev–Trinajstić information content (AvgIpc) is 3.48. The number of rotatable bonds is 6. The Labute approximate surface area is 194 Å². The van der Waals surface area contributed by atoms with E-state index >= 15 is 0 Å². The first kappa shape index (κ1) is 22.8. The van der Waals surface area contributed by atoms with Crippen molar-refractivity contribution in [2.24, 2.45) is 5.14 Å². The van der Waals surface area contributed by atoms with Crippen molar-refractivity contribution < 1.29 is 17.6 Å². The number of hydrogen-bond donors (Lipinski definition) is 1. The maximum absolute atomic E-state index is 13.4. The van der Waals surface area contributed by atoms with Gasteiger partial charge >= 0.3 is 0 Å². The van der Waals surface area contributed by atoms with Crippen LogP contribution in [0.1, 0.15) is 29.1 Å². The van der Waals surface area contributed by atoms with E-state index in [1.54, 1.807) is 38.2 Å². The quantitative estimate of drug-likeness (QED) is 0.448. The molecule has 2 aromatic carbocycles. The van der Waals surface area contributed by atoms with Crippen LogP contribution in [0.3, 0.4) is 0 Å². The van der Waals surface area contributed by atoms with Crippen molar-refractivity contribution in [2.45, 2.75) is 17.9 Å². The number of aromatic nitrogens is 3. The molecule has 1 unspecified atom stereocenters. The van der Waals surface area contributed by atoms with Gasteiger partial charge in [-0.2, -0.15) is 0 Å². The molecule has 4 rings (SSSR count). The minimum atomic E-state index is -3.80. The summed E-state index contributed by atoms with van der Waals surface area (Å²) in [6, 6.07) is 15.1. The predicted molar refractivity (Wildman–Crippen MR) is 123 cm³/mol. The van der Waals surface area contributed by atoms with Gasteiger partial charge in [0.05, 0.1) is 21.5 Å². The number of hydrogen-bond acceptors (Lipinski definition) is 6. The number of benzene rings is 2. The van der Waals surface area contributed by atoms with Gasteiger partial charge in [-0.05, 0) is 60.3 Å². The van der Waals surface area contributed by atoms with E-state index in [-0.39, 0.29) is 16.5 Å². The van der Waals surface area contributed by atoms with Crippen molar-refractivity contribution in [1.29, 1.82) is 0 Å². The molecular formula is C22H20FN5O3S2. The summed E-state index contributed by atoms with van der Waals surface area (Å²) >= 11 is 1.45. The van der Waals surface area contributed by atoms with Crippen molar-refractivity contribution in [3.05, 3.63) is 83.2 Å². The van der Waals surface area contributed by atoms with Gasteiger partial charge in [-0.1, -0.05) is 18.2 Å². The minimum Gasteiger partial charge on any atom is -0.332 e. The molecule has 2 heterocycles. The molecule has 0 bridgehead atoms. The van der Waals surface area contributed by atoms with Crippen molar-refractivity contribution in [3.63, 3.8) is 0 Å². The fourth-order valence-corrected chi connectivity index (χ4v) is 4.44. The highest BCUT2D eigenvalue weighted by Crippen LogP contribution is 2.27. The van der Waals surface area contributed by atoms with Crippen LogP contribution in [0.15, 0.2) is 70.9 Å². The first-order chi connectivity index (χ1) is 15.6. The van der Waals surface area contributed by atoms with Gasteiger partial charge in [0.2, 0.25) is 15.8 Å². The first-order valence-electron chi connectivity index (χ1n) is 9.82. The molecule has 1 amide bonds. The molecule has 0 aliphatic rings. The van der Waals surface area contributed by atoms with Gasteiger partial charge in [-0.15, -0.1) is 16.4 Å². The molecule has 2 aromatic heterocycles. The summed E-state index contributed by atoms with van der Waals surface area (Å²) in [5, 5.41) is 11.4. The second-order valence-electron chi connectivity index (χ2n) is 7.33. The molecule has 4 aromatic rings. The highest BCUT2D eigenvalue weighted by atomic mass is 32.2. The average molecular weight is 486 g/mol. The zero-order chi connectivity index (χ0) is 23.8. The van der Waals surface area contributed by atoms with Crippen LogP contribution in [0.25, 0.3) is 16.4 Å². The van der Waals surface area contributed by atoms with Gasteiger partial charge in [-0.25, -0.2) is 27.6 Å². The molecule has 0 radical (unpaired) electrons. The molecule has 0 fully saturated rings. The molecule has 0 aliphatic heterocycles. The number of halogens is 1. The summed E-state index contributed by atoms with van der Waals surface area (Å²) in [4.78, 5) is 20.0. The topological polar surface area (TPSA) is 111 Å². The zero-order valence-corrected chi connectivity index (χ0v) is 19.3. The van der Waals surface area contributed by atoms with Crippen molar-refractivity contribution in [3.8, 4) is 16.4 Å². The summed E-state index contributed by atoms with van der Waals surface area (Å²) in [7, 11) is -2.19. The van der Waals surface area contributed by atoms with Crippen molar-refractivity contribution >= 4 is 27.3 Å². The first-order valence-corrected chi connectivity index (χ1v) is 12.2. The SMILES string of the molecule is CC(c1ccc(S(N)(=O)=O)cc1)N(C)C(=O)c1nc(-c2cccs2)n(-c2ccc(F)cc2)n1. The van der Waals surface area contributed by atoms with E-state index in [2.05, 4.69) is 10.1 Å². The smallest absolute Gasteiger partial charge is 0.293 e. The second-order valence-corrected chi connectivity index (χ2v) is 9.84. The molecule has 1 atom stereocenters. The molecule has 170 valence electrons. The van der Waals surface area contributed by atoms with Gasteiger partial charge in [0.15, 0.2) is 5.82 Å². The van der Waals surface area contributed by atoms with Crippen molar-refractivity contribution in [1.82, 2.24) is 19.7 Å². The van der Waals surface area contributed by atoms with Crippen LogP contribution in [0.5, 0.6) is 0 Å². The van der Waals surface area contributed by atoms with E-state index in [0.29, 0.717) is 11.5 Å². The third-order valence-corrected chi connectivity index (χ3v) is 7.00. The number of amides is 1. The number of nitrogens with zero attached hydrogens (tertiary/aromatic N) is 4. The van der Waals surface area contributed by atoms with Gasteiger partial charge in [0.25, 0.3) is 5.91 Å². The molecule has 0 spiro atoms. The van der Waals surface area contributed by atoms with E-state index in [9.17, 15) is 17.6 Å². The zero-order valence-electron chi connectivity index (χ0n) is 17.7. The van der Waals surface area contributed by atoms with E-state index in [0.717, 1.165) is 10.4 Å². The maximum atomic E-state index is 13.4. The normalized spacial score (nSPS) is 12.5. The standard InChI is InChI=1S/C22H20FN5O3S2/c1-14(15-5-11-18(12-6-15)33(24,30)31)27(2)22(29)20-25-21(19-4-3-13-32-19)28(26-20)17-9-7-16(23)8-10-17/h3-14H,1-2H3,(H2,24,30,31). The number of sulfonamides is 1. The number of nitrogens with two attached hydrogens (primary N) is 1. The lowest BCUT2D eigenvalue weighted by Gasteiger charge is -2.24. The molecule has 2 N–H and O–H groups in total. The van der Waals surface area contributed by atoms with Gasteiger partial charge in [-0.3, -0.25) is 4.79 Å². The Morgan fingerprint density at radius 1 is 1.12 bits per heavy atom. The van der Waals surface area contributed by atoms with Crippen LogP contribution < -0.4 is 5.14 Å². The summed E-state index contributed by atoms with van der Waals surface area (Å²) in [6.07, 6.45) is 0. The van der Waals surface area contributed by atoms with Gasteiger partial charge in [0.1, 0.15) is 5.82 Å². The maximum Gasteiger partial charge on any atom is 0.293 e. The highest BCUT2D eigenvalue weighted by Gasteiger charge is 2.25. The number of carbonyl (C=O) groups excluding carboxylic acids is 1. The summed E-state index contributed by atoms with van der Waals surface area (Å²) in [5.74, 6) is -0.344.